The van der Waals surface area contributed by atoms with Crippen molar-refractivity contribution in [1.82, 2.24) is 15.5 Å². The Balaban J connectivity index is 1.81. The fourth-order valence-electron chi connectivity index (χ4n) is 2.88. The van der Waals surface area contributed by atoms with Crippen molar-refractivity contribution in [2.24, 2.45) is 0 Å². The molecule has 2 rings (SSSR count). The Morgan fingerprint density at radius 1 is 1.17 bits per heavy atom. The third-order valence-electron chi connectivity index (χ3n) is 4.25. The van der Waals surface area contributed by atoms with Crippen LogP contribution in [-0.4, -0.2) is 41.8 Å². The van der Waals surface area contributed by atoms with Gasteiger partial charge in [0.25, 0.3) is 0 Å². The van der Waals surface area contributed by atoms with Gasteiger partial charge in [-0.2, -0.15) is 0 Å². The number of carbonyl (C=O) groups is 1. The first-order valence-electron chi connectivity index (χ1n) is 8.64. The summed E-state index contributed by atoms with van der Waals surface area (Å²) in [4.78, 5) is 14.3. The van der Waals surface area contributed by atoms with Gasteiger partial charge in [-0.25, -0.2) is 4.79 Å². The number of nitrogens with one attached hydrogen (secondary N) is 2. The second kappa shape index (κ2) is 9.53. The molecule has 1 atom stereocenters. The summed E-state index contributed by atoms with van der Waals surface area (Å²) in [6.45, 7) is 6.03. The van der Waals surface area contributed by atoms with Gasteiger partial charge in [-0.1, -0.05) is 30.7 Å². The van der Waals surface area contributed by atoms with Crippen LogP contribution in [0.15, 0.2) is 24.3 Å². The monoisotopic (exact) mass is 319 g/mol. The number of hydrogen-bond acceptors (Lipinski definition) is 3. The molecule has 1 aliphatic rings. The van der Waals surface area contributed by atoms with Gasteiger partial charge in [-0.3, -0.25) is 4.90 Å². The molecule has 1 heterocycles. The molecule has 1 unspecified atom stereocenters. The first kappa shape index (κ1) is 17.8. The molecule has 1 aromatic carbocycles. The maximum Gasteiger partial charge on any atom is 0.315 e. The van der Waals surface area contributed by atoms with E-state index in [1.54, 1.807) is 6.92 Å². The molecule has 0 aliphatic carbocycles. The Bertz CT molecular complexity index is 485. The van der Waals surface area contributed by atoms with Gasteiger partial charge in [-0.15, -0.1) is 0 Å². The summed E-state index contributed by atoms with van der Waals surface area (Å²) in [6.07, 6.45) is 4.09. The number of carbonyl (C=O) groups excluding carboxylic acids is 1. The smallest absolute Gasteiger partial charge is 0.315 e. The minimum atomic E-state index is -0.388. The summed E-state index contributed by atoms with van der Waals surface area (Å²) in [6, 6.07) is 8.12. The Labute approximate surface area is 139 Å². The number of aliphatic hydroxyl groups excluding tert-OH is 1. The zero-order valence-electron chi connectivity index (χ0n) is 14.1. The fourth-order valence-corrected chi connectivity index (χ4v) is 2.88. The number of amides is 2. The Morgan fingerprint density at radius 3 is 2.57 bits per heavy atom. The summed E-state index contributed by atoms with van der Waals surface area (Å²) < 4.78 is 0. The maximum atomic E-state index is 11.8. The van der Waals surface area contributed by atoms with Gasteiger partial charge in [0.1, 0.15) is 0 Å². The highest BCUT2D eigenvalue weighted by Gasteiger charge is 2.12. The molecule has 0 bridgehead atoms. The van der Waals surface area contributed by atoms with Crippen LogP contribution in [0.4, 0.5) is 4.79 Å². The van der Waals surface area contributed by atoms with Crippen LogP contribution < -0.4 is 10.6 Å². The van der Waals surface area contributed by atoms with Crippen LogP contribution in [0.2, 0.25) is 0 Å². The molecule has 128 valence electrons. The highest BCUT2D eigenvalue weighted by Crippen LogP contribution is 2.16. The molecule has 1 fully saturated rings. The van der Waals surface area contributed by atoms with Crippen LogP contribution in [0, 0.1) is 0 Å². The van der Waals surface area contributed by atoms with Crippen LogP contribution in [0.1, 0.15) is 43.7 Å². The Hall–Kier alpha value is -1.59. The van der Waals surface area contributed by atoms with E-state index in [0.717, 1.165) is 6.54 Å². The molecular formula is C18H29N3O2. The first-order chi connectivity index (χ1) is 11.1. The lowest BCUT2D eigenvalue weighted by Crippen LogP contribution is -2.36. The predicted molar refractivity (Wildman–Crippen MR) is 92.1 cm³/mol. The van der Waals surface area contributed by atoms with E-state index in [0.29, 0.717) is 19.5 Å². The highest BCUT2D eigenvalue weighted by molar-refractivity contribution is 5.73. The molecule has 1 aliphatic heterocycles. The van der Waals surface area contributed by atoms with Gasteiger partial charge in [0.2, 0.25) is 0 Å². The van der Waals surface area contributed by atoms with Gasteiger partial charge in [0.15, 0.2) is 0 Å². The standard InChI is InChI=1S/C18H29N3O2/c1-15(22)9-10-19-18(23)20-13-16-7-3-4-8-17(16)14-21-11-5-2-6-12-21/h3-4,7-8,15,22H,2,5-6,9-14H2,1H3,(H2,19,20,23). The quantitative estimate of drug-likeness (QED) is 0.722. The molecule has 1 aromatic rings. The van der Waals surface area contributed by atoms with Crippen molar-refractivity contribution in [2.75, 3.05) is 19.6 Å². The average Bonchev–Trinajstić information content (AvgIpc) is 2.55. The van der Waals surface area contributed by atoms with Crippen LogP contribution in [0.5, 0.6) is 0 Å². The molecule has 5 heteroatoms. The number of hydrogen-bond donors (Lipinski definition) is 3. The minimum absolute atomic E-state index is 0.182. The largest absolute Gasteiger partial charge is 0.393 e. The van der Waals surface area contributed by atoms with E-state index in [2.05, 4.69) is 33.7 Å². The molecule has 5 nitrogen and oxygen atoms in total. The molecule has 3 N–H and O–H groups in total. The van der Waals surface area contributed by atoms with Gasteiger partial charge in [-0.05, 0) is 50.4 Å². The van der Waals surface area contributed by atoms with Gasteiger partial charge in [0.05, 0.1) is 6.10 Å². The zero-order valence-corrected chi connectivity index (χ0v) is 14.1. The molecule has 1 saturated heterocycles. The highest BCUT2D eigenvalue weighted by atomic mass is 16.3. The van der Waals surface area contributed by atoms with Gasteiger partial charge < -0.3 is 15.7 Å². The average molecular weight is 319 g/mol. The number of piperidine rings is 1. The van der Waals surface area contributed by atoms with Gasteiger partial charge >= 0.3 is 6.03 Å². The molecular weight excluding hydrogens is 290 g/mol. The SMILES string of the molecule is CC(O)CCNC(=O)NCc1ccccc1CN1CCCCC1. The van der Waals surface area contributed by atoms with E-state index in [9.17, 15) is 9.90 Å². The van der Waals surface area contributed by atoms with Crippen LogP contribution >= 0.6 is 0 Å². The van der Waals surface area contributed by atoms with Crippen molar-refractivity contribution in [3.05, 3.63) is 35.4 Å². The number of urea groups is 1. The predicted octanol–water partition coefficient (Wildman–Crippen LogP) is 2.24. The molecule has 0 saturated carbocycles. The summed E-state index contributed by atoms with van der Waals surface area (Å²) in [5.74, 6) is 0. The third-order valence-corrected chi connectivity index (χ3v) is 4.25. The van der Waals surface area contributed by atoms with Crippen LogP contribution in [0.3, 0.4) is 0 Å². The number of aliphatic hydroxyl groups is 1. The molecule has 0 aromatic heterocycles. The number of benzene rings is 1. The minimum Gasteiger partial charge on any atom is -0.393 e. The topological polar surface area (TPSA) is 64.6 Å². The van der Waals surface area contributed by atoms with E-state index in [4.69, 9.17) is 0 Å². The second-order valence-electron chi connectivity index (χ2n) is 6.35. The molecule has 0 radical (unpaired) electrons. The molecule has 23 heavy (non-hydrogen) atoms. The lowest BCUT2D eigenvalue weighted by Gasteiger charge is -2.27. The van der Waals surface area contributed by atoms with Crippen molar-refractivity contribution < 1.29 is 9.90 Å². The number of likely N-dealkylation sites (tertiary alicyclic amines) is 1. The van der Waals surface area contributed by atoms with E-state index >= 15 is 0 Å². The van der Waals surface area contributed by atoms with E-state index < -0.39 is 0 Å². The third kappa shape index (κ3) is 6.59. The van der Waals surface area contributed by atoms with Crippen molar-refractivity contribution in [1.29, 1.82) is 0 Å². The zero-order chi connectivity index (χ0) is 16.5. The molecule has 0 spiro atoms. The van der Waals surface area contributed by atoms with E-state index in [1.807, 2.05) is 6.07 Å². The lowest BCUT2D eigenvalue weighted by molar-refractivity contribution is 0.183. The van der Waals surface area contributed by atoms with Gasteiger partial charge in [0, 0.05) is 19.6 Å². The van der Waals surface area contributed by atoms with Crippen molar-refractivity contribution in [3.63, 3.8) is 0 Å². The van der Waals surface area contributed by atoms with E-state index in [-0.39, 0.29) is 12.1 Å². The van der Waals surface area contributed by atoms with E-state index in [1.165, 1.54) is 43.5 Å². The fraction of sp³-hybridized carbons (Fsp3) is 0.611. The normalized spacial score (nSPS) is 16.8. The van der Waals surface area contributed by atoms with Crippen molar-refractivity contribution >= 4 is 6.03 Å². The second-order valence-corrected chi connectivity index (χ2v) is 6.35. The summed E-state index contributed by atoms with van der Waals surface area (Å²) in [5.41, 5.74) is 2.46. The molecule has 2 amide bonds. The number of nitrogens with zero attached hydrogens (tertiary/aromatic N) is 1. The Kier molecular flexibility index (Phi) is 7.36. The van der Waals surface area contributed by atoms with Crippen LogP contribution in [0.25, 0.3) is 0 Å². The number of rotatable bonds is 7. The summed E-state index contributed by atoms with van der Waals surface area (Å²) in [7, 11) is 0. The van der Waals surface area contributed by atoms with Crippen LogP contribution in [-0.2, 0) is 13.1 Å². The van der Waals surface area contributed by atoms with Crippen molar-refractivity contribution in [3.8, 4) is 0 Å². The first-order valence-corrected chi connectivity index (χ1v) is 8.64. The summed E-state index contributed by atoms with van der Waals surface area (Å²) >= 11 is 0. The lowest BCUT2D eigenvalue weighted by atomic mass is 10.0. The summed E-state index contributed by atoms with van der Waals surface area (Å²) in [5, 5.41) is 14.9. The Morgan fingerprint density at radius 2 is 1.87 bits per heavy atom. The van der Waals surface area contributed by atoms with Crippen molar-refractivity contribution in [2.45, 2.75) is 51.8 Å². The maximum absolute atomic E-state index is 11.8.